The molecule has 2 aromatic heterocycles. The molecule has 0 saturated heterocycles. The fourth-order valence-electron chi connectivity index (χ4n) is 1.92. The Morgan fingerprint density at radius 1 is 1.33 bits per heavy atom. The van der Waals surface area contributed by atoms with E-state index in [1.807, 2.05) is 0 Å². The molecule has 1 aromatic carbocycles. The average Bonchev–Trinajstić information content (AvgIpc) is 3.04. The number of hydrogen-bond acceptors (Lipinski definition) is 8. The lowest BCUT2D eigenvalue weighted by Gasteiger charge is -2.04. The summed E-state index contributed by atoms with van der Waals surface area (Å²) in [5.41, 5.74) is 0.985. The summed E-state index contributed by atoms with van der Waals surface area (Å²) in [4.78, 5) is 22.4. The molecule has 0 aliphatic carbocycles. The average molecular weight is 369 g/mol. The monoisotopic (exact) mass is 369 g/mol. The Balaban J connectivity index is 1.90. The molecule has 0 spiro atoms. The summed E-state index contributed by atoms with van der Waals surface area (Å²) in [6.07, 6.45) is 0. The molecule has 3 rings (SSSR count). The number of rotatable bonds is 4. The smallest absolute Gasteiger partial charge is 0.408 e. The molecule has 0 unspecified atom stereocenters. The quantitative estimate of drug-likeness (QED) is 0.647. The third-order valence-corrected chi connectivity index (χ3v) is 5.55. The largest absolute Gasteiger partial charge is 0.419 e. The number of oxazole rings is 1. The van der Waals surface area contributed by atoms with Crippen molar-refractivity contribution in [2.24, 2.45) is 7.05 Å². The highest BCUT2D eigenvalue weighted by Gasteiger charge is 2.21. The van der Waals surface area contributed by atoms with E-state index >= 15 is 0 Å². The van der Waals surface area contributed by atoms with E-state index in [1.165, 1.54) is 23.6 Å². The third-order valence-electron chi connectivity index (χ3n) is 2.96. The number of carbonyl (C=O) groups excluding carboxylic acids is 1. The van der Waals surface area contributed by atoms with Crippen LogP contribution in [0.3, 0.4) is 0 Å². The molecule has 126 valence electrons. The number of benzene rings is 1. The molecule has 2 N–H and O–H groups in total. The van der Waals surface area contributed by atoms with Crippen LogP contribution in [0.4, 0.5) is 10.8 Å². The van der Waals surface area contributed by atoms with Crippen molar-refractivity contribution in [3.63, 3.8) is 0 Å². The molecule has 0 saturated carbocycles. The van der Waals surface area contributed by atoms with Crippen LogP contribution in [0.2, 0.25) is 0 Å². The van der Waals surface area contributed by atoms with Gasteiger partial charge in [0.15, 0.2) is 5.58 Å². The van der Waals surface area contributed by atoms with E-state index in [2.05, 4.69) is 20.2 Å². The first kappa shape index (κ1) is 16.1. The van der Waals surface area contributed by atoms with E-state index in [-0.39, 0.29) is 26.6 Å². The Morgan fingerprint density at radius 2 is 2.08 bits per heavy atom. The zero-order valence-electron chi connectivity index (χ0n) is 12.4. The summed E-state index contributed by atoms with van der Waals surface area (Å²) in [5.74, 6) is -0.929. The second-order valence-electron chi connectivity index (χ2n) is 4.77. The molecule has 1 amide bonds. The van der Waals surface area contributed by atoms with E-state index in [9.17, 15) is 18.0 Å². The van der Waals surface area contributed by atoms with Gasteiger partial charge in [-0.3, -0.25) is 14.1 Å². The number of hydrogen-bond donors (Lipinski definition) is 2. The molecule has 24 heavy (non-hydrogen) atoms. The fourth-order valence-corrected chi connectivity index (χ4v) is 3.91. The molecule has 10 nitrogen and oxygen atoms in total. The highest BCUT2D eigenvalue weighted by atomic mass is 32.2. The first-order valence-corrected chi connectivity index (χ1v) is 8.80. The molecule has 0 aliphatic heterocycles. The minimum atomic E-state index is -3.98. The van der Waals surface area contributed by atoms with Crippen LogP contribution in [0.15, 0.2) is 31.8 Å². The van der Waals surface area contributed by atoms with Crippen molar-refractivity contribution in [3.05, 3.63) is 28.7 Å². The third kappa shape index (κ3) is 3.00. The predicted octanol–water partition coefficient (Wildman–Crippen LogP) is 0.742. The first-order valence-electron chi connectivity index (χ1n) is 6.50. The second kappa shape index (κ2) is 5.72. The SMILES string of the molecule is CC(=O)Nc1nnc(S(=O)(=O)Nc2ccc3c(c2)oc(=O)n3C)s1. The van der Waals surface area contributed by atoms with Gasteiger partial charge in [0.2, 0.25) is 11.0 Å². The molecule has 0 fully saturated rings. The number of nitrogens with one attached hydrogen (secondary N) is 2. The maximum Gasteiger partial charge on any atom is 0.419 e. The lowest BCUT2D eigenvalue weighted by molar-refractivity contribution is -0.114. The molecular weight excluding hydrogens is 358 g/mol. The Hall–Kier alpha value is -2.73. The van der Waals surface area contributed by atoms with Crippen LogP contribution in [0, 0.1) is 0 Å². The maximum absolute atomic E-state index is 12.3. The van der Waals surface area contributed by atoms with Crippen molar-refractivity contribution in [1.82, 2.24) is 14.8 Å². The van der Waals surface area contributed by atoms with Crippen molar-refractivity contribution >= 4 is 49.2 Å². The minimum absolute atomic E-state index is 0.0763. The number of amides is 1. The molecular formula is C12H11N5O5S2. The number of sulfonamides is 1. The first-order chi connectivity index (χ1) is 11.3. The topological polar surface area (TPSA) is 136 Å². The number of fused-ring (bicyclic) bond motifs is 1. The minimum Gasteiger partial charge on any atom is -0.408 e. The van der Waals surface area contributed by atoms with Crippen LogP contribution in [0.1, 0.15) is 6.92 Å². The highest BCUT2D eigenvalue weighted by molar-refractivity contribution is 7.94. The van der Waals surface area contributed by atoms with E-state index in [0.29, 0.717) is 16.9 Å². The van der Waals surface area contributed by atoms with Crippen LogP contribution in [-0.4, -0.2) is 29.1 Å². The van der Waals surface area contributed by atoms with Gasteiger partial charge in [0, 0.05) is 20.0 Å². The van der Waals surface area contributed by atoms with Crippen LogP contribution in [0.5, 0.6) is 0 Å². The maximum atomic E-state index is 12.3. The zero-order chi connectivity index (χ0) is 17.5. The van der Waals surface area contributed by atoms with Crippen molar-refractivity contribution in [1.29, 1.82) is 0 Å². The van der Waals surface area contributed by atoms with Gasteiger partial charge in [-0.2, -0.15) is 8.42 Å². The van der Waals surface area contributed by atoms with Crippen LogP contribution < -0.4 is 15.8 Å². The number of aryl methyl sites for hydroxylation is 1. The molecule has 12 heteroatoms. The van der Waals surface area contributed by atoms with Gasteiger partial charge in [-0.15, -0.1) is 10.2 Å². The van der Waals surface area contributed by atoms with Gasteiger partial charge in [0.05, 0.1) is 11.2 Å². The van der Waals surface area contributed by atoms with Crippen molar-refractivity contribution in [2.45, 2.75) is 11.3 Å². The summed E-state index contributed by atoms with van der Waals surface area (Å²) >= 11 is 0.715. The number of aromatic nitrogens is 3. The molecule has 3 aromatic rings. The lowest BCUT2D eigenvalue weighted by atomic mass is 10.3. The number of anilines is 2. The number of nitrogens with zero attached hydrogens (tertiary/aromatic N) is 3. The van der Waals surface area contributed by atoms with Crippen molar-refractivity contribution < 1.29 is 17.6 Å². The number of carbonyl (C=O) groups is 1. The van der Waals surface area contributed by atoms with Crippen molar-refractivity contribution in [2.75, 3.05) is 10.0 Å². The molecule has 0 radical (unpaired) electrons. The van der Waals surface area contributed by atoms with Gasteiger partial charge in [-0.05, 0) is 12.1 Å². The van der Waals surface area contributed by atoms with Gasteiger partial charge >= 0.3 is 5.76 Å². The molecule has 0 atom stereocenters. The van der Waals surface area contributed by atoms with Gasteiger partial charge in [0.1, 0.15) is 0 Å². The normalized spacial score (nSPS) is 11.6. The van der Waals surface area contributed by atoms with E-state index < -0.39 is 15.8 Å². The summed E-state index contributed by atoms with van der Waals surface area (Å²) in [7, 11) is -2.44. The summed E-state index contributed by atoms with van der Waals surface area (Å²) in [6.45, 7) is 1.27. The summed E-state index contributed by atoms with van der Waals surface area (Å²) in [5, 5.41) is 9.56. The highest BCUT2D eigenvalue weighted by Crippen LogP contribution is 2.24. The van der Waals surface area contributed by atoms with E-state index in [1.54, 1.807) is 13.1 Å². The second-order valence-corrected chi connectivity index (χ2v) is 7.60. The predicted molar refractivity (Wildman–Crippen MR) is 86.5 cm³/mol. The zero-order valence-corrected chi connectivity index (χ0v) is 14.1. The van der Waals surface area contributed by atoms with E-state index in [4.69, 9.17) is 4.42 Å². The summed E-state index contributed by atoms with van der Waals surface area (Å²) < 4.78 is 32.9. The lowest BCUT2D eigenvalue weighted by Crippen LogP contribution is -2.12. The molecule has 2 heterocycles. The van der Waals surface area contributed by atoms with Crippen LogP contribution in [0.25, 0.3) is 11.1 Å². The fraction of sp³-hybridized carbons (Fsp3) is 0.167. The standard InChI is InChI=1S/C12H11N5O5S2/c1-6(18)13-10-14-15-11(23-10)24(20,21)16-7-3-4-8-9(5-7)22-12(19)17(8)2/h3-5,16H,1-2H3,(H,13,14,18). The summed E-state index contributed by atoms with van der Waals surface area (Å²) in [6, 6.07) is 4.44. The van der Waals surface area contributed by atoms with Crippen LogP contribution in [-0.2, 0) is 21.9 Å². The Bertz CT molecular complexity index is 1090. The Labute approximate surface area is 139 Å². The van der Waals surface area contributed by atoms with Crippen LogP contribution >= 0.6 is 11.3 Å². The Morgan fingerprint density at radius 3 is 2.79 bits per heavy atom. The van der Waals surface area contributed by atoms with Gasteiger partial charge < -0.3 is 9.73 Å². The van der Waals surface area contributed by atoms with Crippen molar-refractivity contribution in [3.8, 4) is 0 Å². The van der Waals surface area contributed by atoms with Gasteiger partial charge in [0.25, 0.3) is 14.4 Å². The molecule has 0 bridgehead atoms. The molecule has 0 aliphatic rings. The van der Waals surface area contributed by atoms with E-state index in [0.717, 1.165) is 0 Å². The Kier molecular flexibility index (Phi) is 3.85. The van der Waals surface area contributed by atoms with Gasteiger partial charge in [-0.25, -0.2) is 4.79 Å². The van der Waals surface area contributed by atoms with Gasteiger partial charge in [-0.1, -0.05) is 11.3 Å².